The molecule has 0 aromatic carbocycles. The summed E-state index contributed by atoms with van der Waals surface area (Å²) >= 11 is 0. The Kier molecular flexibility index (Phi) is 14.9. The highest BCUT2D eigenvalue weighted by Gasteiger charge is 2.63. The van der Waals surface area contributed by atoms with E-state index in [1.54, 1.807) is 13.8 Å². The molecule has 0 aliphatic carbocycles. The van der Waals surface area contributed by atoms with E-state index in [0.717, 1.165) is 19.2 Å². The van der Waals surface area contributed by atoms with Gasteiger partial charge in [-0.3, -0.25) is 18.7 Å². The van der Waals surface area contributed by atoms with Crippen LogP contribution in [0.25, 0.3) is 0 Å². The molecule has 1 aliphatic rings. The number of esters is 1. The summed E-state index contributed by atoms with van der Waals surface area (Å²) in [6.07, 6.45) is -6.95. The molecule has 0 radical (unpaired) electrons. The van der Waals surface area contributed by atoms with Crippen LogP contribution in [0, 0.1) is 5.92 Å². The maximum Gasteiger partial charge on any atom is 0.510 e. The standard InChI is InChI=1S/C27H43FN3O17P/c1-15(2)19(29)20(33)40-12-31-18(32)8-9-30(23(31)35)22-26(7,38)21(34)27(10-28,48-22)11-43-49(39,44-13-41-24(36)46-16(3)4)45-14-42-25(37)47-17(5)6/h8-9,15-17,19,21-22,34,38H,10-14,29H2,1-7H3. The number of alkyl halides is 1. The molecule has 4 N–H and O–H groups in total. The lowest BCUT2D eigenvalue weighted by atomic mass is 9.88. The van der Waals surface area contributed by atoms with Crippen LogP contribution in [-0.2, 0) is 58.1 Å². The van der Waals surface area contributed by atoms with Gasteiger partial charge in [-0.15, -0.1) is 0 Å². The van der Waals surface area contributed by atoms with Crippen LogP contribution in [0.15, 0.2) is 21.9 Å². The lowest BCUT2D eigenvalue weighted by Gasteiger charge is -2.31. The van der Waals surface area contributed by atoms with Crippen molar-refractivity contribution >= 4 is 26.1 Å². The van der Waals surface area contributed by atoms with Crippen molar-refractivity contribution in [2.75, 3.05) is 26.9 Å². The number of aliphatic hydroxyl groups is 2. The van der Waals surface area contributed by atoms with Crippen LogP contribution in [0.4, 0.5) is 14.0 Å². The Labute approximate surface area is 279 Å². The van der Waals surface area contributed by atoms with E-state index < -0.39 is 113 Å². The minimum Gasteiger partial charge on any atom is -0.442 e. The summed E-state index contributed by atoms with van der Waals surface area (Å²) in [5.74, 6) is -1.24. The van der Waals surface area contributed by atoms with Crippen molar-refractivity contribution in [3.05, 3.63) is 33.1 Å². The molecule has 1 aromatic heterocycles. The quantitative estimate of drug-likeness (QED) is 0.0874. The van der Waals surface area contributed by atoms with Gasteiger partial charge in [0, 0.05) is 12.3 Å². The fraction of sp³-hybridized carbons (Fsp3) is 0.741. The SMILES string of the molecule is CC(C)OC(=O)OCOP(=O)(OCOC(=O)OC(C)C)OCC1(CF)OC(n2ccc(=O)n(COC(=O)C(N)C(C)C)c2=O)C(C)(O)C1O. The highest BCUT2D eigenvalue weighted by molar-refractivity contribution is 7.48. The Morgan fingerprint density at radius 1 is 1.00 bits per heavy atom. The van der Waals surface area contributed by atoms with Gasteiger partial charge in [-0.2, -0.15) is 0 Å². The third kappa shape index (κ3) is 11.0. The number of phosphoric acid groups is 1. The number of aliphatic hydroxyl groups excluding tert-OH is 1. The minimum atomic E-state index is -5.00. The van der Waals surface area contributed by atoms with Crippen LogP contribution in [0.1, 0.15) is 54.7 Å². The van der Waals surface area contributed by atoms with E-state index in [9.17, 15) is 43.1 Å². The van der Waals surface area contributed by atoms with Crippen molar-refractivity contribution in [3.63, 3.8) is 0 Å². The molecule has 2 rings (SSSR count). The number of nitrogens with two attached hydrogens (primary N) is 1. The number of ether oxygens (including phenoxy) is 6. The maximum atomic E-state index is 14.7. The topological polar surface area (TPSA) is 262 Å². The number of carbonyl (C=O) groups is 3. The largest absolute Gasteiger partial charge is 0.510 e. The molecule has 1 aliphatic heterocycles. The van der Waals surface area contributed by atoms with Gasteiger partial charge < -0.3 is 44.4 Å². The van der Waals surface area contributed by atoms with Crippen LogP contribution >= 0.6 is 7.82 Å². The van der Waals surface area contributed by atoms with Crippen LogP contribution < -0.4 is 17.0 Å². The van der Waals surface area contributed by atoms with Gasteiger partial charge in [0.1, 0.15) is 24.4 Å². The first-order valence-corrected chi connectivity index (χ1v) is 16.2. The van der Waals surface area contributed by atoms with Gasteiger partial charge >= 0.3 is 31.8 Å². The Morgan fingerprint density at radius 3 is 2.00 bits per heavy atom. The second-order valence-corrected chi connectivity index (χ2v) is 13.4. The molecule has 0 saturated carbocycles. The molecule has 20 nitrogen and oxygen atoms in total. The molecule has 0 spiro atoms. The number of hydrogen-bond acceptors (Lipinski definition) is 18. The van der Waals surface area contributed by atoms with Gasteiger partial charge in [0.2, 0.25) is 13.6 Å². The molecule has 0 amide bonds. The van der Waals surface area contributed by atoms with Gasteiger partial charge in [0.15, 0.2) is 18.6 Å². The number of carbonyl (C=O) groups excluding carboxylic acids is 3. The van der Waals surface area contributed by atoms with Crippen LogP contribution in [0.3, 0.4) is 0 Å². The van der Waals surface area contributed by atoms with Crippen molar-refractivity contribution in [1.82, 2.24) is 9.13 Å². The molecule has 5 unspecified atom stereocenters. The predicted molar refractivity (Wildman–Crippen MR) is 160 cm³/mol. The van der Waals surface area contributed by atoms with Crippen molar-refractivity contribution in [1.29, 1.82) is 0 Å². The molecule has 280 valence electrons. The fourth-order valence-electron chi connectivity index (χ4n) is 4.02. The van der Waals surface area contributed by atoms with E-state index in [1.165, 1.54) is 27.7 Å². The first-order chi connectivity index (χ1) is 22.7. The average Bonchev–Trinajstić information content (AvgIpc) is 3.19. The molecule has 1 aromatic rings. The number of phosphoric ester groups is 1. The van der Waals surface area contributed by atoms with Crippen molar-refractivity contribution in [2.24, 2.45) is 11.7 Å². The van der Waals surface area contributed by atoms with Crippen LogP contribution in [0.2, 0.25) is 0 Å². The van der Waals surface area contributed by atoms with E-state index in [0.29, 0.717) is 9.13 Å². The molecular weight excluding hydrogens is 688 g/mol. The second kappa shape index (κ2) is 17.5. The highest BCUT2D eigenvalue weighted by atomic mass is 31.2. The number of aromatic nitrogens is 2. The molecule has 2 heterocycles. The molecule has 0 bridgehead atoms. The summed E-state index contributed by atoms with van der Waals surface area (Å²) < 4.78 is 73.6. The number of nitrogens with zero attached hydrogens (tertiary/aromatic N) is 2. The molecular formula is C27H43FN3O17P. The second-order valence-electron chi connectivity index (χ2n) is 11.8. The smallest absolute Gasteiger partial charge is 0.442 e. The zero-order valence-corrected chi connectivity index (χ0v) is 28.9. The summed E-state index contributed by atoms with van der Waals surface area (Å²) in [7, 11) is -5.00. The Bertz CT molecular complexity index is 1430. The normalized spacial score (nSPS) is 23.1. The van der Waals surface area contributed by atoms with Crippen molar-refractivity contribution < 1.29 is 75.5 Å². The maximum absolute atomic E-state index is 14.7. The van der Waals surface area contributed by atoms with Crippen LogP contribution in [0.5, 0.6) is 0 Å². The fourth-order valence-corrected chi connectivity index (χ4v) is 4.99. The van der Waals surface area contributed by atoms with E-state index in [2.05, 4.69) is 9.47 Å². The lowest BCUT2D eigenvalue weighted by molar-refractivity contribution is -0.151. The van der Waals surface area contributed by atoms with Crippen molar-refractivity contribution in [2.45, 2.75) is 97.0 Å². The number of rotatable bonds is 17. The van der Waals surface area contributed by atoms with Crippen LogP contribution in [-0.4, -0.2) is 100 Å². The van der Waals surface area contributed by atoms with E-state index in [1.807, 2.05) is 0 Å². The summed E-state index contributed by atoms with van der Waals surface area (Å²) in [5, 5.41) is 22.3. The molecule has 5 atom stereocenters. The summed E-state index contributed by atoms with van der Waals surface area (Å²) in [5.41, 5.74) is -1.50. The summed E-state index contributed by atoms with van der Waals surface area (Å²) in [6, 6.07) is -0.217. The Balaban J connectivity index is 2.33. The van der Waals surface area contributed by atoms with Gasteiger partial charge in [-0.1, -0.05) is 13.8 Å². The third-order valence-corrected chi connectivity index (χ3v) is 7.99. The van der Waals surface area contributed by atoms with Crippen molar-refractivity contribution in [3.8, 4) is 0 Å². The number of hydrogen-bond donors (Lipinski definition) is 3. The van der Waals surface area contributed by atoms with Gasteiger partial charge in [-0.25, -0.2) is 37.0 Å². The zero-order valence-electron chi connectivity index (χ0n) is 28.0. The van der Waals surface area contributed by atoms with Gasteiger partial charge in [0.25, 0.3) is 5.56 Å². The van der Waals surface area contributed by atoms with E-state index in [4.69, 9.17) is 38.3 Å². The highest BCUT2D eigenvalue weighted by Crippen LogP contribution is 2.52. The predicted octanol–water partition coefficient (Wildman–Crippen LogP) is 1.04. The van der Waals surface area contributed by atoms with Gasteiger partial charge in [-0.05, 0) is 40.5 Å². The summed E-state index contributed by atoms with van der Waals surface area (Å²) in [6.45, 7) is 4.33. The molecule has 1 saturated heterocycles. The molecule has 1 fully saturated rings. The third-order valence-electron chi connectivity index (χ3n) is 6.70. The first-order valence-electron chi connectivity index (χ1n) is 14.8. The Morgan fingerprint density at radius 2 is 1.53 bits per heavy atom. The molecule has 49 heavy (non-hydrogen) atoms. The lowest BCUT2D eigenvalue weighted by Crippen LogP contribution is -2.53. The van der Waals surface area contributed by atoms with E-state index in [-0.39, 0.29) is 5.92 Å². The average molecular weight is 732 g/mol. The first kappa shape index (κ1) is 41.7. The minimum absolute atomic E-state index is 0.329. The van der Waals surface area contributed by atoms with Gasteiger partial charge in [0.05, 0.1) is 18.8 Å². The summed E-state index contributed by atoms with van der Waals surface area (Å²) in [4.78, 5) is 61.4. The van der Waals surface area contributed by atoms with E-state index >= 15 is 0 Å². The Hall–Kier alpha value is -3.43. The molecule has 22 heteroatoms. The zero-order chi connectivity index (χ0) is 37.3. The monoisotopic (exact) mass is 731 g/mol. The number of halogens is 1.